The van der Waals surface area contributed by atoms with Crippen LogP contribution in [0.3, 0.4) is 0 Å². The number of hydrazone groups is 1. The van der Waals surface area contributed by atoms with Crippen molar-refractivity contribution >= 4 is 39.8 Å². The number of carbonyl (C=O) groups excluding carboxylic acids is 1. The Bertz CT molecular complexity index is 1090. The van der Waals surface area contributed by atoms with Gasteiger partial charge in [0, 0.05) is 27.2 Å². The Labute approximate surface area is 197 Å². The Morgan fingerprint density at radius 1 is 1.06 bits per heavy atom. The van der Waals surface area contributed by atoms with Gasteiger partial charge in [0.25, 0.3) is 5.91 Å². The van der Waals surface area contributed by atoms with Gasteiger partial charge in [0.05, 0.1) is 17.2 Å². The van der Waals surface area contributed by atoms with Crippen molar-refractivity contribution in [1.82, 2.24) is 9.99 Å². The highest BCUT2D eigenvalue weighted by molar-refractivity contribution is 9.10. The van der Waals surface area contributed by atoms with Crippen LogP contribution in [-0.2, 0) is 10.5 Å². The number of halogens is 1. The van der Waals surface area contributed by atoms with Crippen LogP contribution >= 0.6 is 27.7 Å². The van der Waals surface area contributed by atoms with Crippen LogP contribution in [0.4, 0.5) is 0 Å². The van der Waals surface area contributed by atoms with E-state index in [4.69, 9.17) is 0 Å². The third-order valence-corrected chi connectivity index (χ3v) is 7.57. The lowest BCUT2D eigenvalue weighted by Crippen LogP contribution is -2.27. The predicted molar refractivity (Wildman–Crippen MR) is 135 cm³/mol. The van der Waals surface area contributed by atoms with E-state index in [0.29, 0.717) is 0 Å². The number of nitrogens with zero attached hydrogens (tertiary/aromatic N) is 2. The van der Waals surface area contributed by atoms with Gasteiger partial charge < -0.3 is 4.57 Å². The smallest absolute Gasteiger partial charge is 0.252 e. The number of hydrogen-bond donors (Lipinski definition) is 1. The van der Waals surface area contributed by atoms with Crippen molar-refractivity contribution in [3.63, 3.8) is 0 Å². The molecule has 1 heterocycles. The first-order chi connectivity index (χ1) is 14.8. The molecular formula is C25H28BrN3OS. The first-order valence-corrected chi connectivity index (χ1v) is 12.1. The molecule has 0 saturated carbocycles. The zero-order chi connectivity index (χ0) is 22.5. The minimum Gasteiger partial charge on any atom is -0.316 e. The van der Waals surface area contributed by atoms with Crippen molar-refractivity contribution in [3.05, 3.63) is 86.6 Å². The quantitative estimate of drug-likeness (QED) is 0.309. The zero-order valence-electron chi connectivity index (χ0n) is 18.6. The second-order valence-electron chi connectivity index (χ2n) is 7.65. The molecule has 2 aromatic carbocycles. The van der Waals surface area contributed by atoms with E-state index < -0.39 is 0 Å². The number of carbonyl (C=O) groups is 1. The fraction of sp³-hybridized carbons (Fsp3) is 0.280. The molecule has 1 aromatic heterocycles. The van der Waals surface area contributed by atoms with Gasteiger partial charge in [-0.15, -0.1) is 11.8 Å². The number of amides is 1. The lowest BCUT2D eigenvalue weighted by atomic mass is 10.1. The molecule has 0 bridgehead atoms. The van der Waals surface area contributed by atoms with E-state index in [0.717, 1.165) is 27.2 Å². The molecule has 0 aliphatic heterocycles. The van der Waals surface area contributed by atoms with E-state index in [1.807, 2.05) is 25.1 Å². The lowest BCUT2D eigenvalue weighted by Gasteiger charge is -2.15. The molecule has 4 nitrogen and oxygen atoms in total. The van der Waals surface area contributed by atoms with Gasteiger partial charge in [-0.1, -0.05) is 48.5 Å². The molecule has 1 atom stereocenters. The van der Waals surface area contributed by atoms with Gasteiger partial charge in [-0.3, -0.25) is 4.79 Å². The van der Waals surface area contributed by atoms with Gasteiger partial charge >= 0.3 is 0 Å². The third kappa shape index (κ3) is 5.31. The minimum absolute atomic E-state index is 0.100. The molecule has 1 amide bonds. The van der Waals surface area contributed by atoms with Gasteiger partial charge in [0.15, 0.2) is 0 Å². The second-order valence-corrected chi connectivity index (χ2v) is 9.77. The van der Waals surface area contributed by atoms with Crippen molar-refractivity contribution in [3.8, 4) is 5.69 Å². The Kier molecular flexibility index (Phi) is 7.79. The van der Waals surface area contributed by atoms with E-state index in [9.17, 15) is 4.79 Å². The molecule has 0 fully saturated rings. The van der Waals surface area contributed by atoms with E-state index in [2.05, 4.69) is 89.1 Å². The summed E-state index contributed by atoms with van der Waals surface area (Å²) >= 11 is 5.31. The SMILES string of the molecule is Cc1cccc(C)c1-n1c(C)c(Br)c(/C=N\NC(=O)[C@H](C)SCc2ccccc2)c1C. The molecule has 0 saturated heterocycles. The Balaban J connectivity index is 1.72. The van der Waals surface area contributed by atoms with Crippen LogP contribution in [0, 0.1) is 27.7 Å². The summed E-state index contributed by atoms with van der Waals surface area (Å²) in [5.74, 6) is 0.693. The fourth-order valence-electron chi connectivity index (χ4n) is 3.59. The summed E-state index contributed by atoms with van der Waals surface area (Å²) in [5, 5.41) is 4.06. The fourth-order valence-corrected chi connectivity index (χ4v) is 5.00. The van der Waals surface area contributed by atoms with Gasteiger partial charge in [0.1, 0.15) is 0 Å². The highest BCUT2D eigenvalue weighted by Gasteiger charge is 2.18. The van der Waals surface area contributed by atoms with E-state index in [1.165, 1.54) is 22.4 Å². The monoisotopic (exact) mass is 497 g/mol. The highest BCUT2D eigenvalue weighted by Crippen LogP contribution is 2.32. The van der Waals surface area contributed by atoms with Crippen molar-refractivity contribution in [2.45, 2.75) is 45.6 Å². The maximum absolute atomic E-state index is 12.4. The highest BCUT2D eigenvalue weighted by atomic mass is 79.9. The van der Waals surface area contributed by atoms with E-state index >= 15 is 0 Å². The summed E-state index contributed by atoms with van der Waals surface area (Å²) in [6.07, 6.45) is 1.73. The largest absolute Gasteiger partial charge is 0.316 e. The van der Waals surface area contributed by atoms with Gasteiger partial charge in [0.2, 0.25) is 0 Å². The lowest BCUT2D eigenvalue weighted by molar-refractivity contribution is -0.120. The number of benzene rings is 2. The summed E-state index contributed by atoms with van der Waals surface area (Å²) in [7, 11) is 0. The Morgan fingerprint density at radius 3 is 2.35 bits per heavy atom. The van der Waals surface area contributed by atoms with Crippen LogP contribution < -0.4 is 5.43 Å². The van der Waals surface area contributed by atoms with Crippen molar-refractivity contribution < 1.29 is 4.79 Å². The summed E-state index contributed by atoms with van der Waals surface area (Å²) in [6, 6.07) is 16.5. The summed E-state index contributed by atoms with van der Waals surface area (Å²) < 4.78 is 3.23. The number of para-hydroxylation sites is 1. The van der Waals surface area contributed by atoms with Crippen LogP contribution in [0.5, 0.6) is 0 Å². The standard InChI is InChI=1S/C25H28BrN3OS/c1-16-10-9-11-17(2)24(16)29-18(3)22(23(26)19(29)4)14-27-28-25(30)20(5)31-15-21-12-7-6-8-13-21/h6-14,20H,15H2,1-5H3,(H,28,30)/b27-14-/t20-/m0/s1. The third-order valence-electron chi connectivity index (χ3n) is 5.36. The van der Waals surface area contributed by atoms with E-state index in [1.54, 1.807) is 18.0 Å². The number of rotatable bonds is 7. The summed E-state index contributed by atoms with van der Waals surface area (Å²) in [4.78, 5) is 12.4. The van der Waals surface area contributed by atoms with Crippen LogP contribution in [0.25, 0.3) is 5.69 Å². The molecule has 162 valence electrons. The van der Waals surface area contributed by atoms with Gasteiger partial charge in [-0.05, 0) is 67.2 Å². The molecule has 3 aromatic rings. The number of nitrogens with one attached hydrogen (secondary N) is 1. The van der Waals surface area contributed by atoms with Crippen LogP contribution in [0.1, 0.15) is 40.6 Å². The van der Waals surface area contributed by atoms with Crippen LogP contribution in [0.15, 0.2) is 58.1 Å². The maximum Gasteiger partial charge on any atom is 0.252 e. The first kappa shape index (κ1) is 23.4. The summed E-state index contributed by atoms with van der Waals surface area (Å²) in [5.41, 5.74) is 10.7. The number of thioether (sulfide) groups is 1. The number of aromatic nitrogens is 1. The van der Waals surface area contributed by atoms with E-state index in [-0.39, 0.29) is 11.2 Å². The van der Waals surface area contributed by atoms with Gasteiger partial charge in [-0.2, -0.15) is 5.10 Å². The minimum atomic E-state index is -0.192. The second kappa shape index (κ2) is 10.3. The molecule has 3 rings (SSSR count). The molecule has 0 unspecified atom stereocenters. The molecule has 0 radical (unpaired) electrons. The van der Waals surface area contributed by atoms with Crippen molar-refractivity contribution in [2.75, 3.05) is 0 Å². The number of aryl methyl sites for hydroxylation is 2. The van der Waals surface area contributed by atoms with Crippen LogP contribution in [-0.4, -0.2) is 21.9 Å². The molecule has 0 aliphatic rings. The molecule has 31 heavy (non-hydrogen) atoms. The average Bonchev–Trinajstić information content (AvgIpc) is 2.96. The predicted octanol–water partition coefficient (Wildman–Crippen LogP) is 6.25. The summed E-state index contributed by atoms with van der Waals surface area (Å²) in [6.45, 7) is 10.3. The molecular weight excluding hydrogens is 470 g/mol. The first-order valence-electron chi connectivity index (χ1n) is 10.2. The normalized spacial score (nSPS) is 12.3. The molecule has 1 N–H and O–H groups in total. The molecule has 0 spiro atoms. The van der Waals surface area contributed by atoms with Crippen molar-refractivity contribution in [1.29, 1.82) is 0 Å². The Hall–Kier alpha value is -2.31. The van der Waals surface area contributed by atoms with Gasteiger partial charge in [-0.25, -0.2) is 5.43 Å². The molecule has 0 aliphatic carbocycles. The van der Waals surface area contributed by atoms with Crippen LogP contribution in [0.2, 0.25) is 0 Å². The zero-order valence-corrected chi connectivity index (χ0v) is 21.0. The molecule has 6 heteroatoms. The Morgan fingerprint density at radius 2 is 1.71 bits per heavy atom. The van der Waals surface area contributed by atoms with Crippen molar-refractivity contribution in [2.24, 2.45) is 5.10 Å². The topological polar surface area (TPSA) is 46.4 Å². The average molecular weight is 498 g/mol. The maximum atomic E-state index is 12.4. The number of hydrogen-bond acceptors (Lipinski definition) is 3.